The summed E-state index contributed by atoms with van der Waals surface area (Å²) in [7, 11) is 2.01. The minimum absolute atomic E-state index is 0.0563. The Kier molecular flexibility index (Phi) is 4.33. The van der Waals surface area contributed by atoms with E-state index < -0.39 is 0 Å². The van der Waals surface area contributed by atoms with Gasteiger partial charge in [-0.2, -0.15) is 0 Å². The van der Waals surface area contributed by atoms with Crippen LogP contribution in [0.3, 0.4) is 0 Å². The van der Waals surface area contributed by atoms with Crippen molar-refractivity contribution in [1.29, 1.82) is 0 Å². The Labute approximate surface area is 92.1 Å². The lowest BCUT2D eigenvalue weighted by atomic mass is 9.82. The molecular weight excluding hydrogens is 188 g/mol. The van der Waals surface area contributed by atoms with E-state index in [1.54, 1.807) is 0 Å². The van der Waals surface area contributed by atoms with Crippen molar-refractivity contribution in [2.24, 2.45) is 12.5 Å². The highest BCUT2D eigenvalue weighted by molar-refractivity contribution is 4.92. The molecule has 1 heterocycles. The maximum absolute atomic E-state index is 9.39. The lowest BCUT2D eigenvalue weighted by molar-refractivity contribution is 0.121. The van der Waals surface area contributed by atoms with Crippen LogP contribution in [0, 0.1) is 5.41 Å². The van der Waals surface area contributed by atoms with Crippen LogP contribution in [0.25, 0.3) is 0 Å². The molecule has 0 aromatic carbocycles. The van der Waals surface area contributed by atoms with Crippen LogP contribution in [0.5, 0.6) is 0 Å². The van der Waals surface area contributed by atoms with Gasteiger partial charge in [-0.3, -0.25) is 0 Å². The molecule has 1 N–H and O–H groups in total. The minimum atomic E-state index is 0.0563. The molecule has 0 fully saturated rings. The van der Waals surface area contributed by atoms with E-state index in [0.29, 0.717) is 0 Å². The summed E-state index contributed by atoms with van der Waals surface area (Å²) in [6.45, 7) is 4.58. The first-order valence-electron chi connectivity index (χ1n) is 5.68. The van der Waals surface area contributed by atoms with Crippen molar-refractivity contribution in [1.82, 2.24) is 9.55 Å². The van der Waals surface area contributed by atoms with Crippen molar-refractivity contribution in [3.8, 4) is 0 Å². The van der Waals surface area contributed by atoms with E-state index in [1.807, 2.05) is 24.0 Å². The van der Waals surface area contributed by atoms with Crippen LogP contribution in [0.15, 0.2) is 12.4 Å². The molecule has 1 unspecified atom stereocenters. The van der Waals surface area contributed by atoms with E-state index in [0.717, 1.165) is 31.5 Å². The van der Waals surface area contributed by atoms with Gasteiger partial charge in [0.15, 0.2) is 0 Å². The largest absolute Gasteiger partial charge is 0.396 e. The van der Waals surface area contributed by atoms with Gasteiger partial charge in [0, 0.05) is 32.5 Å². The monoisotopic (exact) mass is 210 g/mol. The van der Waals surface area contributed by atoms with Gasteiger partial charge in [-0.15, -0.1) is 0 Å². The summed E-state index contributed by atoms with van der Waals surface area (Å²) in [4.78, 5) is 4.29. The average molecular weight is 210 g/mol. The summed E-state index contributed by atoms with van der Waals surface area (Å²) < 4.78 is 2.05. The molecule has 1 atom stereocenters. The fourth-order valence-corrected chi connectivity index (χ4v) is 1.94. The van der Waals surface area contributed by atoms with Crippen LogP contribution in [0.4, 0.5) is 0 Å². The zero-order valence-corrected chi connectivity index (χ0v) is 10.0. The van der Waals surface area contributed by atoms with E-state index in [1.165, 1.54) is 0 Å². The number of aliphatic hydroxyl groups excluding tert-OH is 1. The molecule has 0 saturated carbocycles. The Morgan fingerprint density at radius 2 is 2.20 bits per heavy atom. The lowest BCUT2D eigenvalue weighted by Gasteiger charge is -2.26. The summed E-state index contributed by atoms with van der Waals surface area (Å²) in [5.74, 6) is 1.10. The number of hydrogen-bond acceptors (Lipinski definition) is 2. The Morgan fingerprint density at radius 1 is 1.47 bits per heavy atom. The Balaban J connectivity index is 2.51. The minimum Gasteiger partial charge on any atom is -0.396 e. The molecule has 1 aromatic heterocycles. The van der Waals surface area contributed by atoms with E-state index >= 15 is 0 Å². The molecular formula is C12H22N2O. The zero-order chi connectivity index (χ0) is 11.3. The summed E-state index contributed by atoms with van der Waals surface area (Å²) >= 11 is 0. The quantitative estimate of drug-likeness (QED) is 0.781. The number of nitrogens with zero attached hydrogens (tertiary/aromatic N) is 2. The molecule has 0 spiro atoms. The van der Waals surface area contributed by atoms with Gasteiger partial charge in [0.05, 0.1) is 0 Å². The van der Waals surface area contributed by atoms with E-state index in [2.05, 4.69) is 18.8 Å². The van der Waals surface area contributed by atoms with Crippen LogP contribution in [0.1, 0.15) is 38.9 Å². The third kappa shape index (κ3) is 3.34. The van der Waals surface area contributed by atoms with Crippen molar-refractivity contribution < 1.29 is 5.11 Å². The van der Waals surface area contributed by atoms with Gasteiger partial charge in [-0.05, 0) is 18.3 Å². The summed E-state index contributed by atoms with van der Waals surface area (Å²) in [5, 5.41) is 9.39. The highest BCUT2D eigenvalue weighted by atomic mass is 16.3. The first-order valence-corrected chi connectivity index (χ1v) is 5.68. The number of aromatic nitrogens is 2. The molecule has 86 valence electrons. The number of aliphatic hydroxyl groups is 1. The highest BCUT2D eigenvalue weighted by Gasteiger charge is 2.22. The fraction of sp³-hybridized carbons (Fsp3) is 0.750. The normalized spacial score (nSPS) is 15.2. The molecule has 1 rings (SSSR count). The second kappa shape index (κ2) is 5.31. The van der Waals surface area contributed by atoms with Gasteiger partial charge in [0.2, 0.25) is 0 Å². The van der Waals surface area contributed by atoms with Crippen molar-refractivity contribution in [3.63, 3.8) is 0 Å². The van der Waals surface area contributed by atoms with Crippen molar-refractivity contribution >= 4 is 0 Å². The van der Waals surface area contributed by atoms with Gasteiger partial charge in [0.1, 0.15) is 5.82 Å². The first kappa shape index (κ1) is 12.2. The van der Waals surface area contributed by atoms with Crippen molar-refractivity contribution in [3.05, 3.63) is 18.2 Å². The lowest BCUT2D eigenvalue weighted by Crippen LogP contribution is -2.22. The van der Waals surface area contributed by atoms with Crippen LogP contribution >= 0.6 is 0 Å². The van der Waals surface area contributed by atoms with E-state index in [9.17, 15) is 5.11 Å². The van der Waals surface area contributed by atoms with Gasteiger partial charge < -0.3 is 9.67 Å². The maximum Gasteiger partial charge on any atom is 0.108 e. The molecule has 3 heteroatoms. The first-order chi connectivity index (χ1) is 7.11. The molecule has 0 radical (unpaired) electrons. The molecule has 1 aromatic rings. The molecule has 0 saturated heterocycles. The topological polar surface area (TPSA) is 38.1 Å². The Morgan fingerprint density at radius 3 is 2.67 bits per heavy atom. The van der Waals surface area contributed by atoms with Gasteiger partial charge >= 0.3 is 0 Å². The maximum atomic E-state index is 9.39. The standard InChI is InChI=1S/C12H22N2O/c1-4-6-12(2,10-15)7-5-11-13-8-9-14(11)3/h8-9,15H,4-7,10H2,1-3H3. The third-order valence-electron chi connectivity index (χ3n) is 3.11. The summed E-state index contributed by atoms with van der Waals surface area (Å²) in [5.41, 5.74) is 0.0563. The highest BCUT2D eigenvalue weighted by Crippen LogP contribution is 2.28. The van der Waals surface area contributed by atoms with E-state index in [-0.39, 0.29) is 12.0 Å². The molecule has 0 amide bonds. The van der Waals surface area contributed by atoms with Gasteiger partial charge in [-0.1, -0.05) is 20.3 Å². The van der Waals surface area contributed by atoms with E-state index in [4.69, 9.17) is 0 Å². The zero-order valence-electron chi connectivity index (χ0n) is 10.0. The number of aryl methyl sites for hydroxylation is 2. The molecule has 3 nitrogen and oxygen atoms in total. The Hall–Kier alpha value is -0.830. The van der Waals surface area contributed by atoms with Gasteiger partial charge in [-0.25, -0.2) is 4.98 Å². The molecule has 0 aliphatic carbocycles. The van der Waals surface area contributed by atoms with Crippen molar-refractivity contribution in [2.45, 2.75) is 39.5 Å². The van der Waals surface area contributed by atoms with Gasteiger partial charge in [0.25, 0.3) is 0 Å². The summed E-state index contributed by atoms with van der Waals surface area (Å²) in [6, 6.07) is 0. The number of hydrogen-bond donors (Lipinski definition) is 1. The molecule has 0 aliphatic rings. The second-order valence-corrected chi connectivity index (χ2v) is 4.67. The molecule has 0 bridgehead atoms. The summed E-state index contributed by atoms with van der Waals surface area (Å²) in [6.07, 6.45) is 7.94. The third-order valence-corrected chi connectivity index (χ3v) is 3.11. The molecule has 15 heavy (non-hydrogen) atoms. The fourth-order valence-electron chi connectivity index (χ4n) is 1.94. The number of rotatable bonds is 6. The van der Waals surface area contributed by atoms with Crippen molar-refractivity contribution in [2.75, 3.05) is 6.61 Å². The average Bonchev–Trinajstić information content (AvgIpc) is 2.62. The predicted octanol–water partition coefficient (Wildman–Crippen LogP) is 2.15. The van der Waals surface area contributed by atoms with Crippen LogP contribution in [-0.2, 0) is 13.5 Å². The van der Waals surface area contributed by atoms with Crippen LogP contribution in [-0.4, -0.2) is 21.3 Å². The van der Waals surface area contributed by atoms with Crippen LogP contribution < -0.4 is 0 Å². The SMILES string of the molecule is CCCC(C)(CO)CCc1nccn1C. The molecule has 0 aliphatic heterocycles. The Bertz CT molecular complexity index is 296. The second-order valence-electron chi connectivity index (χ2n) is 4.67. The number of imidazole rings is 1. The predicted molar refractivity (Wildman–Crippen MR) is 61.6 cm³/mol. The van der Waals surface area contributed by atoms with Crippen LogP contribution in [0.2, 0.25) is 0 Å². The smallest absolute Gasteiger partial charge is 0.108 e.